The summed E-state index contributed by atoms with van der Waals surface area (Å²) in [4.78, 5) is 4.90. The van der Waals surface area contributed by atoms with Crippen molar-refractivity contribution >= 4 is 60.8 Å². The zero-order chi connectivity index (χ0) is 41.6. The van der Waals surface area contributed by atoms with E-state index in [9.17, 15) is 0 Å². The van der Waals surface area contributed by atoms with E-state index in [-0.39, 0.29) is 5.92 Å². The Morgan fingerprint density at radius 1 is 0.371 bits per heavy atom. The molecular weight excluding hydrogens is 749 g/mol. The zero-order valence-corrected chi connectivity index (χ0v) is 35.0. The first-order valence-electron chi connectivity index (χ1n) is 21.7. The van der Waals surface area contributed by atoms with E-state index in [2.05, 4.69) is 254 Å². The predicted octanol–water partition coefficient (Wildman–Crippen LogP) is 16.5. The van der Waals surface area contributed by atoms with E-state index >= 15 is 0 Å². The first-order chi connectivity index (χ1) is 30.6. The molecule has 2 atom stereocenters. The maximum absolute atomic E-state index is 2.48. The SMILES string of the molecule is Cc1ccc(-c2c3ccc(N(c4ccccc4)c4cccc5ccccc45)cc3c(-c3ccc(C)cc3)c3ccc(N(C4=CC=CC5C=CC=CC45)c4ccccc4)cc23)cc1. The summed E-state index contributed by atoms with van der Waals surface area (Å²) < 4.78 is 0. The molecule has 2 aliphatic carbocycles. The quantitative estimate of drug-likeness (QED) is 0.141. The van der Waals surface area contributed by atoms with Crippen molar-refractivity contribution in [1.82, 2.24) is 0 Å². The average Bonchev–Trinajstić information content (AvgIpc) is 3.32. The summed E-state index contributed by atoms with van der Waals surface area (Å²) in [6, 6.07) is 69.4. The van der Waals surface area contributed by atoms with Gasteiger partial charge in [-0.25, -0.2) is 0 Å². The van der Waals surface area contributed by atoms with Crippen LogP contribution in [-0.2, 0) is 0 Å². The number of fused-ring (bicyclic) bond motifs is 4. The summed E-state index contributed by atoms with van der Waals surface area (Å²) in [5.74, 6) is 0.537. The van der Waals surface area contributed by atoms with Crippen LogP contribution < -0.4 is 9.80 Å². The largest absolute Gasteiger partial charge is 0.314 e. The number of allylic oxidation sites excluding steroid dienone is 7. The third kappa shape index (κ3) is 6.62. The highest BCUT2D eigenvalue weighted by Crippen LogP contribution is 2.49. The Hall–Kier alpha value is -7.68. The maximum atomic E-state index is 2.48. The molecule has 9 aromatic rings. The highest BCUT2D eigenvalue weighted by Gasteiger charge is 2.29. The molecule has 0 saturated carbocycles. The lowest BCUT2D eigenvalue weighted by Crippen LogP contribution is -2.27. The van der Waals surface area contributed by atoms with Crippen molar-refractivity contribution in [2.24, 2.45) is 11.8 Å². The van der Waals surface area contributed by atoms with E-state index in [4.69, 9.17) is 0 Å². The number of nitrogens with zero attached hydrogens (tertiary/aromatic N) is 2. The number of aryl methyl sites for hydroxylation is 2. The number of anilines is 5. The van der Waals surface area contributed by atoms with E-state index in [1.54, 1.807) is 0 Å². The molecule has 0 amide bonds. The van der Waals surface area contributed by atoms with Gasteiger partial charge in [0.1, 0.15) is 0 Å². The molecule has 11 rings (SSSR count). The van der Waals surface area contributed by atoms with Crippen LogP contribution in [0.15, 0.2) is 236 Å². The first-order valence-corrected chi connectivity index (χ1v) is 21.7. The Morgan fingerprint density at radius 2 is 0.887 bits per heavy atom. The number of hydrogen-bond acceptors (Lipinski definition) is 2. The normalized spacial score (nSPS) is 15.5. The van der Waals surface area contributed by atoms with E-state index in [0.29, 0.717) is 5.92 Å². The van der Waals surface area contributed by atoms with Gasteiger partial charge in [0.2, 0.25) is 0 Å². The van der Waals surface area contributed by atoms with Crippen LogP contribution in [0.3, 0.4) is 0 Å². The van der Waals surface area contributed by atoms with Crippen LogP contribution in [0.25, 0.3) is 54.6 Å². The van der Waals surface area contributed by atoms with Gasteiger partial charge in [0.25, 0.3) is 0 Å². The van der Waals surface area contributed by atoms with Crippen LogP contribution in [-0.4, -0.2) is 0 Å². The minimum Gasteiger partial charge on any atom is -0.314 e. The summed E-state index contributed by atoms with van der Waals surface area (Å²) in [6.45, 7) is 4.34. The van der Waals surface area contributed by atoms with Gasteiger partial charge < -0.3 is 9.80 Å². The van der Waals surface area contributed by atoms with Crippen LogP contribution in [0.5, 0.6) is 0 Å². The fourth-order valence-electron chi connectivity index (χ4n) is 9.70. The van der Waals surface area contributed by atoms with Crippen molar-refractivity contribution in [3.8, 4) is 22.3 Å². The second kappa shape index (κ2) is 15.7. The number of rotatable bonds is 8. The van der Waals surface area contributed by atoms with E-state index in [0.717, 1.165) is 28.4 Å². The van der Waals surface area contributed by atoms with Crippen LogP contribution >= 0.6 is 0 Å². The third-order valence-electron chi connectivity index (χ3n) is 12.7. The lowest BCUT2D eigenvalue weighted by Gasteiger charge is -2.36. The van der Waals surface area contributed by atoms with Crippen LogP contribution in [0.1, 0.15) is 11.1 Å². The fraction of sp³-hybridized carbons (Fsp3) is 0.0667. The predicted molar refractivity (Wildman–Crippen MR) is 265 cm³/mol. The molecule has 0 radical (unpaired) electrons. The molecule has 0 spiro atoms. The van der Waals surface area contributed by atoms with E-state index in [1.807, 2.05) is 0 Å². The van der Waals surface area contributed by atoms with Gasteiger partial charge in [-0.2, -0.15) is 0 Å². The molecule has 2 nitrogen and oxygen atoms in total. The van der Waals surface area contributed by atoms with Gasteiger partial charge >= 0.3 is 0 Å². The molecule has 0 saturated heterocycles. The van der Waals surface area contributed by atoms with Crippen LogP contribution in [0, 0.1) is 25.7 Å². The summed E-state index contributed by atoms with van der Waals surface area (Å²) in [5, 5.41) is 7.30. The summed E-state index contributed by atoms with van der Waals surface area (Å²) >= 11 is 0. The van der Waals surface area contributed by atoms with Gasteiger partial charge in [-0.3, -0.25) is 0 Å². The Bertz CT molecular complexity index is 3240. The number of benzene rings is 9. The van der Waals surface area contributed by atoms with Crippen molar-refractivity contribution in [1.29, 1.82) is 0 Å². The Labute approximate surface area is 364 Å². The zero-order valence-electron chi connectivity index (χ0n) is 35.0. The topological polar surface area (TPSA) is 6.48 Å². The molecule has 0 N–H and O–H groups in total. The maximum Gasteiger partial charge on any atom is 0.0540 e. The number of para-hydroxylation sites is 2. The highest BCUT2D eigenvalue weighted by molar-refractivity contribution is 6.22. The molecular formula is C60H46N2. The molecule has 0 bridgehead atoms. The Morgan fingerprint density at radius 3 is 1.52 bits per heavy atom. The summed E-state index contributed by atoms with van der Waals surface area (Å²) in [6.07, 6.45) is 15.9. The molecule has 9 aromatic carbocycles. The Kier molecular flexibility index (Phi) is 9.47. The van der Waals surface area contributed by atoms with Crippen molar-refractivity contribution in [3.05, 3.63) is 247 Å². The molecule has 2 unspecified atom stereocenters. The van der Waals surface area contributed by atoms with Gasteiger partial charge in [-0.15, -0.1) is 0 Å². The molecule has 2 heteroatoms. The minimum atomic E-state index is 0.227. The van der Waals surface area contributed by atoms with Crippen molar-refractivity contribution in [3.63, 3.8) is 0 Å². The van der Waals surface area contributed by atoms with Gasteiger partial charge in [0.05, 0.1) is 5.69 Å². The second-order valence-electron chi connectivity index (χ2n) is 16.6. The summed E-state index contributed by atoms with van der Waals surface area (Å²) in [5.41, 5.74) is 14.3. The highest BCUT2D eigenvalue weighted by atomic mass is 15.2. The monoisotopic (exact) mass is 794 g/mol. The van der Waals surface area contributed by atoms with Crippen molar-refractivity contribution in [2.45, 2.75) is 13.8 Å². The van der Waals surface area contributed by atoms with Crippen LogP contribution in [0.2, 0.25) is 0 Å². The first kappa shape index (κ1) is 37.3. The summed E-state index contributed by atoms with van der Waals surface area (Å²) in [7, 11) is 0. The van der Waals surface area contributed by atoms with Crippen molar-refractivity contribution in [2.75, 3.05) is 9.80 Å². The molecule has 62 heavy (non-hydrogen) atoms. The smallest absolute Gasteiger partial charge is 0.0540 e. The number of hydrogen-bond donors (Lipinski definition) is 0. The molecule has 296 valence electrons. The molecule has 0 aromatic heterocycles. The van der Waals surface area contributed by atoms with E-state index in [1.165, 1.54) is 71.4 Å². The standard InChI is InChI=1S/C60H46N2/c1-41-27-31-45(32-28-41)59-53-37-35-50(62(48-21-7-4-8-22-48)58-26-14-18-44-16-10-12-24-52(44)58)40-56(53)60(46-33-29-42(2)30-34-46)54-38-36-49(39-55(54)59)61(47-19-5-3-6-20-47)57-25-13-17-43-15-9-11-23-51(43)57/h3-40,43,51H,1-2H3. The second-order valence-corrected chi connectivity index (χ2v) is 16.6. The molecule has 0 aliphatic heterocycles. The Balaban J connectivity index is 1.22. The molecule has 0 heterocycles. The fourth-order valence-corrected chi connectivity index (χ4v) is 9.70. The minimum absolute atomic E-state index is 0.227. The molecule has 0 fully saturated rings. The van der Waals surface area contributed by atoms with Gasteiger partial charge in [0.15, 0.2) is 0 Å². The lowest BCUT2D eigenvalue weighted by molar-refractivity contribution is 0.612. The average molecular weight is 795 g/mol. The van der Waals surface area contributed by atoms with E-state index < -0.39 is 0 Å². The van der Waals surface area contributed by atoms with Gasteiger partial charge in [-0.05, 0) is 124 Å². The van der Waals surface area contributed by atoms with Crippen LogP contribution in [0.4, 0.5) is 28.4 Å². The van der Waals surface area contributed by atoms with Gasteiger partial charge in [-0.1, -0.05) is 181 Å². The third-order valence-corrected chi connectivity index (χ3v) is 12.7. The molecule has 2 aliphatic rings. The lowest BCUT2D eigenvalue weighted by atomic mass is 9.81. The van der Waals surface area contributed by atoms with Crippen molar-refractivity contribution < 1.29 is 0 Å². The van der Waals surface area contributed by atoms with Gasteiger partial charge in [0, 0.05) is 45.7 Å².